The summed E-state index contributed by atoms with van der Waals surface area (Å²) in [6, 6.07) is 6.36. The summed E-state index contributed by atoms with van der Waals surface area (Å²) in [7, 11) is 0. The topological polar surface area (TPSA) is 55.1 Å². The minimum atomic E-state index is -2.45. The highest BCUT2D eigenvalue weighted by Gasteiger charge is 2.27. The molecule has 0 heterocycles. The minimum Gasteiger partial charge on any atom is -0.349 e. The number of amides is 1. The van der Waals surface area contributed by atoms with E-state index >= 15 is 0 Å². The molecule has 0 aromatic heterocycles. The molecule has 0 aliphatic heterocycles. The van der Waals surface area contributed by atoms with Gasteiger partial charge in [-0.05, 0) is 49.6 Å². The fraction of sp³-hybridized carbons (Fsp3) is 0.500. The molecular formula is C14H19ClF2N2OS. The van der Waals surface area contributed by atoms with E-state index in [4.69, 9.17) is 5.73 Å². The van der Waals surface area contributed by atoms with Crippen molar-refractivity contribution in [2.75, 3.05) is 6.54 Å². The molecule has 0 saturated heterocycles. The molecule has 1 aromatic carbocycles. The van der Waals surface area contributed by atoms with Crippen LogP contribution in [0.25, 0.3) is 0 Å². The number of halogens is 3. The average Bonchev–Trinajstić information content (AvgIpc) is 2.86. The molecule has 118 valence electrons. The Hall–Kier alpha value is -0.850. The molecule has 0 spiro atoms. The first-order valence-corrected chi connectivity index (χ1v) is 7.54. The highest BCUT2D eigenvalue weighted by Crippen LogP contribution is 2.26. The van der Waals surface area contributed by atoms with Crippen LogP contribution >= 0.6 is 24.2 Å². The number of alkyl halides is 2. The third-order valence-corrected chi connectivity index (χ3v) is 4.34. The van der Waals surface area contributed by atoms with E-state index in [0.717, 1.165) is 19.3 Å². The van der Waals surface area contributed by atoms with Crippen molar-refractivity contribution in [3.63, 3.8) is 0 Å². The van der Waals surface area contributed by atoms with Crippen LogP contribution in [0.15, 0.2) is 29.2 Å². The van der Waals surface area contributed by atoms with E-state index in [1.54, 1.807) is 24.3 Å². The van der Waals surface area contributed by atoms with Crippen molar-refractivity contribution in [1.82, 2.24) is 5.32 Å². The van der Waals surface area contributed by atoms with Gasteiger partial charge >= 0.3 is 0 Å². The number of nitrogens with two attached hydrogens (primary N) is 1. The lowest BCUT2D eigenvalue weighted by Crippen LogP contribution is -2.39. The summed E-state index contributed by atoms with van der Waals surface area (Å²) in [5.41, 5.74) is 6.17. The summed E-state index contributed by atoms with van der Waals surface area (Å²) in [6.45, 7) is 0.578. The van der Waals surface area contributed by atoms with Gasteiger partial charge in [-0.1, -0.05) is 18.2 Å². The number of nitrogens with one attached hydrogen (secondary N) is 1. The van der Waals surface area contributed by atoms with Crippen molar-refractivity contribution in [3.8, 4) is 0 Å². The number of benzene rings is 1. The van der Waals surface area contributed by atoms with Gasteiger partial charge in [0.15, 0.2) is 0 Å². The van der Waals surface area contributed by atoms with Crippen molar-refractivity contribution in [1.29, 1.82) is 0 Å². The molecule has 1 amide bonds. The summed E-state index contributed by atoms with van der Waals surface area (Å²) in [4.78, 5) is 12.5. The molecule has 2 unspecified atom stereocenters. The van der Waals surface area contributed by atoms with Crippen molar-refractivity contribution < 1.29 is 13.6 Å². The lowest BCUT2D eigenvalue weighted by Gasteiger charge is -2.19. The molecule has 1 fully saturated rings. The van der Waals surface area contributed by atoms with Crippen molar-refractivity contribution >= 4 is 30.1 Å². The SMILES string of the molecule is Cl.NCC1CCCC1NC(=O)c1ccc(SC(F)F)cc1. The third-order valence-electron chi connectivity index (χ3n) is 3.62. The van der Waals surface area contributed by atoms with Crippen molar-refractivity contribution in [3.05, 3.63) is 29.8 Å². The van der Waals surface area contributed by atoms with E-state index < -0.39 is 5.76 Å². The van der Waals surface area contributed by atoms with Crippen LogP contribution < -0.4 is 11.1 Å². The molecule has 0 bridgehead atoms. The molecular weight excluding hydrogens is 318 g/mol. The lowest BCUT2D eigenvalue weighted by atomic mass is 10.0. The Morgan fingerprint density at radius 2 is 2.00 bits per heavy atom. The molecule has 2 rings (SSSR count). The van der Waals surface area contributed by atoms with Crippen LogP contribution in [0.1, 0.15) is 29.6 Å². The molecule has 2 atom stereocenters. The molecule has 3 nitrogen and oxygen atoms in total. The monoisotopic (exact) mass is 336 g/mol. The Kier molecular flexibility index (Phi) is 7.42. The second-order valence-corrected chi connectivity index (χ2v) is 5.97. The standard InChI is InChI=1S/C14H18F2N2OS.ClH/c15-14(16)20-11-6-4-9(5-7-11)13(19)18-12-3-1-2-10(12)8-17;/h4-7,10,12,14H,1-3,8,17H2,(H,18,19);1H. The Bertz CT molecular complexity index is 459. The maximum atomic E-state index is 12.2. The predicted molar refractivity (Wildman–Crippen MR) is 83.2 cm³/mol. The van der Waals surface area contributed by atoms with Gasteiger partial charge in [-0.15, -0.1) is 12.4 Å². The Morgan fingerprint density at radius 1 is 1.33 bits per heavy atom. The summed E-state index contributed by atoms with van der Waals surface area (Å²) in [5.74, 6) is -2.27. The van der Waals surface area contributed by atoms with Gasteiger partial charge in [0.2, 0.25) is 0 Å². The number of hydrogen-bond donors (Lipinski definition) is 2. The van der Waals surface area contributed by atoms with E-state index in [2.05, 4.69) is 5.32 Å². The van der Waals surface area contributed by atoms with E-state index in [1.165, 1.54) is 0 Å². The molecule has 1 aliphatic rings. The van der Waals surface area contributed by atoms with Crippen molar-refractivity contribution in [2.24, 2.45) is 11.7 Å². The Morgan fingerprint density at radius 3 is 2.57 bits per heavy atom. The fourth-order valence-electron chi connectivity index (χ4n) is 2.55. The number of hydrogen-bond acceptors (Lipinski definition) is 3. The zero-order valence-corrected chi connectivity index (χ0v) is 13.1. The number of carbonyl (C=O) groups excluding carboxylic acids is 1. The van der Waals surface area contributed by atoms with Gasteiger partial charge in [0.05, 0.1) is 0 Å². The van der Waals surface area contributed by atoms with Crippen molar-refractivity contribution in [2.45, 2.75) is 36.0 Å². The smallest absolute Gasteiger partial charge is 0.288 e. The Balaban J connectivity index is 0.00000220. The highest BCUT2D eigenvalue weighted by molar-refractivity contribution is 7.99. The fourth-order valence-corrected chi connectivity index (χ4v) is 3.05. The van der Waals surface area contributed by atoms with Crippen LogP contribution in [0.2, 0.25) is 0 Å². The zero-order valence-electron chi connectivity index (χ0n) is 11.4. The van der Waals surface area contributed by atoms with Crippen LogP contribution in [-0.2, 0) is 0 Å². The zero-order chi connectivity index (χ0) is 14.5. The Labute approximate surface area is 133 Å². The van der Waals surface area contributed by atoms with Gasteiger partial charge in [-0.2, -0.15) is 8.78 Å². The molecule has 0 radical (unpaired) electrons. The second kappa shape index (κ2) is 8.56. The molecule has 1 aliphatic carbocycles. The van der Waals surface area contributed by atoms with E-state index in [-0.39, 0.29) is 24.4 Å². The second-order valence-electron chi connectivity index (χ2n) is 4.91. The third kappa shape index (κ3) is 5.13. The van der Waals surface area contributed by atoms with Crippen LogP contribution in [0.4, 0.5) is 8.78 Å². The van der Waals surface area contributed by atoms with Gasteiger partial charge < -0.3 is 11.1 Å². The maximum Gasteiger partial charge on any atom is 0.288 e. The van der Waals surface area contributed by atoms with E-state index in [9.17, 15) is 13.6 Å². The highest BCUT2D eigenvalue weighted by atomic mass is 35.5. The van der Waals surface area contributed by atoms with E-state index in [0.29, 0.717) is 34.7 Å². The van der Waals surface area contributed by atoms with Gasteiger partial charge in [0.25, 0.3) is 11.7 Å². The lowest BCUT2D eigenvalue weighted by molar-refractivity contribution is 0.0928. The summed E-state index contributed by atoms with van der Waals surface area (Å²) < 4.78 is 24.4. The first-order chi connectivity index (χ1) is 9.60. The van der Waals surface area contributed by atoms with Gasteiger partial charge in [-0.3, -0.25) is 4.79 Å². The van der Waals surface area contributed by atoms with Crippen LogP contribution in [0.3, 0.4) is 0 Å². The summed E-state index contributed by atoms with van der Waals surface area (Å²) in [5, 5.41) is 2.98. The first kappa shape index (κ1) is 18.2. The number of rotatable bonds is 5. The van der Waals surface area contributed by atoms with Gasteiger partial charge in [-0.25, -0.2) is 0 Å². The normalized spacial score (nSPS) is 21.1. The van der Waals surface area contributed by atoms with E-state index in [1.807, 2.05) is 0 Å². The largest absolute Gasteiger partial charge is 0.349 e. The first-order valence-electron chi connectivity index (χ1n) is 6.66. The predicted octanol–water partition coefficient (Wildman–Crippen LogP) is 3.28. The quantitative estimate of drug-likeness (QED) is 0.811. The molecule has 21 heavy (non-hydrogen) atoms. The maximum absolute atomic E-state index is 12.2. The van der Waals surface area contributed by atoms with Gasteiger partial charge in [0, 0.05) is 16.5 Å². The molecule has 1 saturated carbocycles. The minimum absolute atomic E-state index is 0. The number of thioether (sulfide) groups is 1. The molecule has 3 N–H and O–H groups in total. The van der Waals surface area contributed by atoms with Crippen LogP contribution in [0, 0.1) is 5.92 Å². The van der Waals surface area contributed by atoms with Crippen LogP contribution in [0.5, 0.6) is 0 Å². The van der Waals surface area contributed by atoms with Gasteiger partial charge in [0.1, 0.15) is 0 Å². The molecule has 1 aromatic rings. The summed E-state index contributed by atoms with van der Waals surface area (Å²) in [6.07, 6.45) is 3.08. The number of carbonyl (C=O) groups is 1. The summed E-state index contributed by atoms with van der Waals surface area (Å²) >= 11 is 0.474. The average molecular weight is 337 g/mol. The van der Waals surface area contributed by atoms with Crippen LogP contribution in [-0.4, -0.2) is 24.3 Å². The molecule has 7 heteroatoms.